The minimum absolute atomic E-state index is 0.451. The molecule has 6 nitrogen and oxygen atoms in total. The van der Waals surface area contributed by atoms with Gasteiger partial charge in [0.15, 0.2) is 0 Å². The SMILES string of the molecule is NNC(=O)N(N)c1cccc(C2CCC2)c1OCc1cccs1. The van der Waals surface area contributed by atoms with E-state index < -0.39 is 6.03 Å². The number of amides is 2. The number of ether oxygens (including phenoxy) is 1. The Morgan fingerprint density at radius 1 is 1.35 bits per heavy atom. The van der Waals surface area contributed by atoms with Crippen molar-refractivity contribution < 1.29 is 9.53 Å². The van der Waals surface area contributed by atoms with Crippen LogP contribution in [0.15, 0.2) is 35.7 Å². The van der Waals surface area contributed by atoms with Gasteiger partial charge in [0, 0.05) is 4.88 Å². The minimum atomic E-state index is -0.586. The van der Waals surface area contributed by atoms with E-state index in [2.05, 4.69) is 0 Å². The zero-order valence-corrected chi connectivity index (χ0v) is 13.5. The molecule has 1 aliphatic rings. The molecule has 7 heteroatoms. The van der Waals surface area contributed by atoms with Crippen molar-refractivity contribution in [2.45, 2.75) is 31.8 Å². The van der Waals surface area contributed by atoms with Gasteiger partial charge in [0.05, 0.1) is 0 Å². The molecule has 1 fully saturated rings. The third-order valence-electron chi connectivity index (χ3n) is 4.11. The monoisotopic (exact) mass is 332 g/mol. The highest BCUT2D eigenvalue weighted by Gasteiger charge is 2.26. The number of rotatable bonds is 5. The normalized spacial score (nSPS) is 14.2. The second-order valence-electron chi connectivity index (χ2n) is 5.51. The molecule has 0 aliphatic heterocycles. The van der Waals surface area contributed by atoms with E-state index in [9.17, 15) is 4.79 Å². The number of carbonyl (C=O) groups excluding carboxylic acids is 1. The maximum atomic E-state index is 11.8. The number of hydrogen-bond acceptors (Lipinski definition) is 5. The van der Waals surface area contributed by atoms with Crippen molar-refractivity contribution in [3.05, 3.63) is 46.2 Å². The molecule has 1 aliphatic carbocycles. The Morgan fingerprint density at radius 2 is 2.17 bits per heavy atom. The lowest BCUT2D eigenvalue weighted by molar-refractivity contribution is 0.246. The molecule has 2 amide bonds. The lowest BCUT2D eigenvalue weighted by atomic mass is 9.79. The van der Waals surface area contributed by atoms with Crippen LogP contribution in [0.4, 0.5) is 10.5 Å². The Hall–Kier alpha value is -2.09. The van der Waals surface area contributed by atoms with Gasteiger partial charge in [-0.15, -0.1) is 11.3 Å². The predicted octanol–water partition coefficient (Wildman–Crippen LogP) is 2.86. The van der Waals surface area contributed by atoms with Crippen LogP contribution in [-0.4, -0.2) is 6.03 Å². The van der Waals surface area contributed by atoms with Crippen LogP contribution in [0.2, 0.25) is 0 Å². The molecule has 5 N–H and O–H groups in total. The van der Waals surface area contributed by atoms with E-state index in [-0.39, 0.29) is 0 Å². The minimum Gasteiger partial charge on any atom is -0.486 e. The standard InChI is InChI=1S/C16H20N4O2S/c17-19-16(21)20(18)14-8-2-7-13(11-4-1-5-11)15(14)22-10-12-6-3-9-23-12/h2-3,6-9,11H,1,4-5,10,17-18H2,(H,19,21). The van der Waals surface area contributed by atoms with E-state index in [4.69, 9.17) is 16.4 Å². The molecule has 122 valence electrons. The second kappa shape index (κ2) is 6.99. The summed E-state index contributed by atoms with van der Waals surface area (Å²) in [6.45, 7) is 0.451. The molecular weight excluding hydrogens is 312 g/mol. The fourth-order valence-electron chi connectivity index (χ4n) is 2.65. The number of urea groups is 1. The molecule has 2 aromatic rings. The number of nitrogens with one attached hydrogen (secondary N) is 1. The third-order valence-corrected chi connectivity index (χ3v) is 4.96. The Bertz CT molecular complexity index is 671. The zero-order valence-electron chi connectivity index (χ0n) is 12.7. The number of carbonyl (C=O) groups is 1. The van der Waals surface area contributed by atoms with E-state index in [1.165, 1.54) is 6.42 Å². The van der Waals surface area contributed by atoms with E-state index in [0.29, 0.717) is 24.0 Å². The number of anilines is 1. The number of nitrogens with zero attached hydrogens (tertiary/aromatic N) is 1. The number of nitrogens with two attached hydrogens (primary N) is 2. The third kappa shape index (κ3) is 3.31. The molecular formula is C16H20N4O2S. The highest BCUT2D eigenvalue weighted by atomic mass is 32.1. The molecule has 1 saturated carbocycles. The van der Waals surface area contributed by atoms with E-state index >= 15 is 0 Å². The van der Waals surface area contributed by atoms with Crippen LogP contribution in [0.3, 0.4) is 0 Å². The molecule has 1 aromatic heterocycles. The summed E-state index contributed by atoms with van der Waals surface area (Å²) in [4.78, 5) is 12.9. The van der Waals surface area contributed by atoms with Gasteiger partial charge in [0.2, 0.25) is 0 Å². The summed E-state index contributed by atoms with van der Waals surface area (Å²) < 4.78 is 6.05. The Balaban J connectivity index is 1.92. The lowest BCUT2D eigenvalue weighted by Gasteiger charge is -2.30. The maximum absolute atomic E-state index is 11.8. The van der Waals surface area contributed by atoms with Gasteiger partial charge in [-0.1, -0.05) is 24.6 Å². The molecule has 23 heavy (non-hydrogen) atoms. The molecule has 1 heterocycles. The highest BCUT2D eigenvalue weighted by molar-refractivity contribution is 7.09. The predicted molar refractivity (Wildman–Crippen MR) is 91.1 cm³/mol. The molecule has 0 unspecified atom stereocenters. The van der Waals surface area contributed by atoms with Gasteiger partial charge >= 0.3 is 6.03 Å². The van der Waals surface area contributed by atoms with E-state index in [1.54, 1.807) is 17.4 Å². The first kappa shape index (κ1) is 15.8. The fourth-order valence-corrected chi connectivity index (χ4v) is 3.26. The van der Waals surface area contributed by atoms with Crippen molar-refractivity contribution in [3.8, 4) is 5.75 Å². The van der Waals surface area contributed by atoms with Gasteiger partial charge in [-0.25, -0.2) is 21.5 Å². The quantitative estimate of drug-likeness (QED) is 0.446. The summed E-state index contributed by atoms with van der Waals surface area (Å²) >= 11 is 1.63. The van der Waals surface area contributed by atoms with Gasteiger partial charge in [-0.2, -0.15) is 0 Å². The van der Waals surface area contributed by atoms with Crippen LogP contribution >= 0.6 is 11.3 Å². The fraction of sp³-hybridized carbons (Fsp3) is 0.312. The van der Waals surface area contributed by atoms with E-state index in [0.717, 1.165) is 28.3 Å². The van der Waals surface area contributed by atoms with Crippen LogP contribution in [0.5, 0.6) is 5.75 Å². The van der Waals surface area contributed by atoms with Gasteiger partial charge in [0.25, 0.3) is 0 Å². The summed E-state index contributed by atoms with van der Waals surface area (Å²) in [7, 11) is 0. The summed E-state index contributed by atoms with van der Waals surface area (Å²) in [5.74, 6) is 12.2. The van der Waals surface area contributed by atoms with Crippen LogP contribution in [0.1, 0.15) is 35.6 Å². The van der Waals surface area contributed by atoms with Crippen LogP contribution in [0, 0.1) is 0 Å². The van der Waals surface area contributed by atoms with Crippen LogP contribution in [-0.2, 0) is 6.61 Å². The summed E-state index contributed by atoms with van der Waals surface area (Å²) in [6.07, 6.45) is 3.48. The van der Waals surface area contributed by atoms with Gasteiger partial charge < -0.3 is 4.74 Å². The van der Waals surface area contributed by atoms with Crippen molar-refractivity contribution >= 4 is 23.1 Å². The van der Waals surface area contributed by atoms with Crippen molar-refractivity contribution in [2.75, 3.05) is 5.01 Å². The topological polar surface area (TPSA) is 93.6 Å². The van der Waals surface area contributed by atoms with Crippen molar-refractivity contribution in [1.82, 2.24) is 5.43 Å². The maximum Gasteiger partial charge on any atom is 0.350 e. The van der Waals surface area contributed by atoms with Crippen LogP contribution < -0.4 is 26.9 Å². The molecule has 0 bridgehead atoms. The van der Waals surface area contributed by atoms with Crippen molar-refractivity contribution in [3.63, 3.8) is 0 Å². The molecule has 0 radical (unpaired) electrons. The highest BCUT2D eigenvalue weighted by Crippen LogP contribution is 2.44. The average Bonchev–Trinajstić information content (AvgIpc) is 3.03. The number of hydrazine groups is 2. The molecule has 0 saturated heterocycles. The summed E-state index contributed by atoms with van der Waals surface area (Å²) in [5, 5.41) is 3.00. The summed E-state index contributed by atoms with van der Waals surface area (Å²) in [6, 6.07) is 9.12. The first-order valence-corrected chi connectivity index (χ1v) is 8.42. The summed E-state index contributed by atoms with van der Waals surface area (Å²) in [5.41, 5.74) is 3.67. The van der Waals surface area contributed by atoms with Crippen LogP contribution in [0.25, 0.3) is 0 Å². The van der Waals surface area contributed by atoms with Gasteiger partial charge in [-0.05, 0) is 41.8 Å². The number of para-hydroxylation sites is 1. The Morgan fingerprint density at radius 3 is 2.78 bits per heavy atom. The smallest absolute Gasteiger partial charge is 0.350 e. The number of benzene rings is 1. The van der Waals surface area contributed by atoms with Crippen molar-refractivity contribution in [1.29, 1.82) is 0 Å². The van der Waals surface area contributed by atoms with Gasteiger partial charge in [0.1, 0.15) is 18.0 Å². The molecule has 1 aromatic carbocycles. The van der Waals surface area contributed by atoms with E-state index in [1.807, 2.05) is 35.1 Å². The lowest BCUT2D eigenvalue weighted by Crippen LogP contribution is -2.47. The number of thiophene rings is 1. The second-order valence-corrected chi connectivity index (χ2v) is 6.54. The van der Waals surface area contributed by atoms with Gasteiger partial charge in [-0.3, -0.25) is 5.43 Å². The molecule has 0 atom stereocenters. The first-order valence-electron chi connectivity index (χ1n) is 7.54. The van der Waals surface area contributed by atoms with Crippen molar-refractivity contribution in [2.24, 2.45) is 11.7 Å². The largest absolute Gasteiger partial charge is 0.486 e. The average molecular weight is 332 g/mol. The zero-order chi connectivity index (χ0) is 16.2. The molecule has 3 rings (SSSR count). The Kier molecular flexibility index (Phi) is 4.80. The Labute approximate surface area is 139 Å². The number of hydrogen-bond donors (Lipinski definition) is 3. The molecule has 0 spiro atoms. The first-order chi connectivity index (χ1) is 11.2.